The SMILES string of the molecule is Cn1cc(CN2CCN(c3ccc4nc(C5CC5)cn4c3)CC2)c(C(F)F)n1. The fourth-order valence-corrected chi connectivity index (χ4v) is 4.03. The molecule has 0 radical (unpaired) electrons. The van der Waals surface area contributed by atoms with E-state index in [2.05, 4.69) is 43.8 Å². The van der Waals surface area contributed by atoms with E-state index in [4.69, 9.17) is 4.98 Å². The third-order valence-electron chi connectivity index (χ3n) is 5.72. The number of anilines is 1. The fraction of sp³-hybridized carbons (Fsp3) is 0.500. The number of hydrogen-bond donors (Lipinski definition) is 0. The molecule has 5 rings (SSSR count). The van der Waals surface area contributed by atoms with E-state index in [0.717, 1.165) is 31.8 Å². The molecule has 0 aromatic carbocycles. The van der Waals surface area contributed by atoms with Crippen LogP contribution in [0.1, 0.15) is 42.1 Å². The van der Waals surface area contributed by atoms with Crippen LogP contribution in [-0.2, 0) is 13.6 Å². The molecule has 148 valence electrons. The summed E-state index contributed by atoms with van der Waals surface area (Å²) in [5.74, 6) is 0.650. The minimum Gasteiger partial charge on any atom is -0.368 e. The standard InChI is InChI=1S/C20H24F2N6/c1-25-10-15(19(24-25)20(21)22)11-26-6-8-27(9-7-26)16-4-5-18-23-17(14-2-3-14)13-28(18)12-16/h4-5,10,12-14,20H,2-3,6-9,11H2,1H3. The van der Waals surface area contributed by atoms with Crippen LogP contribution in [0.25, 0.3) is 5.65 Å². The number of pyridine rings is 1. The Morgan fingerprint density at radius 1 is 1.07 bits per heavy atom. The summed E-state index contributed by atoms with van der Waals surface area (Å²) in [7, 11) is 1.69. The summed E-state index contributed by atoms with van der Waals surface area (Å²) in [6.45, 7) is 3.95. The first kappa shape index (κ1) is 17.6. The van der Waals surface area contributed by atoms with Gasteiger partial charge in [-0.25, -0.2) is 13.8 Å². The number of hydrogen-bond acceptors (Lipinski definition) is 4. The molecule has 0 spiro atoms. The maximum absolute atomic E-state index is 13.2. The Kier molecular flexibility index (Phi) is 4.30. The molecule has 0 amide bonds. The second-order valence-corrected chi connectivity index (χ2v) is 7.87. The van der Waals surface area contributed by atoms with Crippen LogP contribution in [0.5, 0.6) is 0 Å². The molecule has 2 fully saturated rings. The molecular formula is C20H24F2N6. The van der Waals surface area contributed by atoms with E-state index >= 15 is 0 Å². The van der Waals surface area contributed by atoms with Gasteiger partial charge in [0.15, 0.2) is 0 Å². The van der Waals surface area contributed by atoms with Gasteiger partial charge in [0, 0.05) is 69.8 Å². The quantitative estimate of drug-likeness (QED) is 0.675. The lowest BCUT2D eigenvalue weighted by Gasteiger charge is -2.36. The Bertz CT molecular complexity index is 982. The third-order valence-corrected chi connectivity index (χ3v) is 5.72. The van der Waals surface area contributed by atoms with Crippen LogP contribution in [0, 0.1) is 0 Å². The third kappa shape index (κ3) is 3.37. The molecule has 1 aliphatic carbocycles. The van der Waals surface area contributed by atoms with Gasteiger partial charge in [0.25, 0.3) is 6.43 Å². The van der Waals surface area contributed by atoms with Gasteiger partial charge in [0.2, 0.25) is 0 Å². The second kappa shape index (κ2) is 6.84. The average Bonchev–Trinajstić information content (AvgIpc) is 3.34. The van der Waals surface area contributed by atoms with E-state index in [9.17, 15) is 8.78 Å². The Morgan fingerprint density at radius 3 is 2.57 bits per heavy atom. The predicted molar refractivity (Wildman–Crippen MR) is 103 cm³/mol. The van der Waals surface area contributed by atoms with Gasteiger partial charge in [-0.15, -0.1) is 0 Å². The summed E-state index contributed by atoms with van der Waals surface area (Å²) in [6.07, 6.45) is 5.99. The van der Waals surface area contributed by atoms with Gasteiger partial charge in [0.05, 0.1) is 11.4 Å². The molecule has 0 bridgehead atoms. The Hall–Kier alpha value is -2.48. The maximum Gasteiger partial charge on any atom is 0.282 e. The molecule has 0 unspecified atom stereocenters. The zero-order chi connectivity index (χ0) is 19.3. The van der Waals surface area contributed by atoms with E-state index in [1.165, 1.54) is 28.9 Å². The summed E-state index contributed by atoms with van der Waals surface area (Å²) in [5, 5.41) is 3.91. The van der Waals surface area contributed by atoms with Crippen LogP contribution in [0.15, 0.2) is 30.7 Å². The molecule has 1 aliphatic heterocycles. The van der Waals surface area contributed by atoms with Crippen molar-refractivity contribution in [2.45, 2.75) is 31.7 Å². The highest BCUT2D eigenvalue weighted by molar-refractivity contribution is 5.53. The van der Waals surface area contributed by atoms with Gasteiger partial charge in [-0.3, -0.25) is 9.58 Å². The zero-order valence-electron chi connectivity index (χ0n) is 15.9. The van der Waals surface area contributed by atoms with Crippen molar-refractivity contribution < 1.29 is 8.78 Å². The topological polar surface area (TPSA) is 41.6 Å². The van der Waals surface area contributed by atoms with Crippen molar-refractivity contribution in [3.05, 3.63) is 47.7 Å². The molecule has 4 heterocycles. The number of fused-ring (bicyclic) bond motifs is 1. The lowest BCUT2D eigenvalue weighted by molar-refractivity contribution is 0.142. The van der Waals surface area contributed by atoms with Crippen LogP contribution < -0.4 is 4.90 Å². The number of alkyl halides is 2. The highest BCUT2D eigenvalue weighted by atomic mass is 19.3. The van der Waals surface area contributed by atoms with Crippen LogP contribution in [0.3, 0.4) is 0 Å². The number of aryl methyl sites for hydroxylation is 1. The van der Waals surface area contributed by atoms with Crippen LogP contribution in [-0.4, -0.2) is 50.2 Å². The first-order valence-electron chi connectivity index (χ1n) is 9.83. The minimum atomic E-state index is -2.53. The number of piperazine rings is 1. The van der Waals surface area contributed by atoms with E-state index in [1.807, 2.05) is 0 Å². The normalized spacial score (nSPS) is 18.5. The van der Waals surface area contributed by atoms with Crippen molar-refractivity contribution in [2.75, 3.05) is 31.1 Å². The molecule has 3 aromatic rings. The van der Waals surface area contributed by atoms with Crippen molar-refractivity contribution in [2.24, 2.45) is 7.05 Å². The van der Waals surface area contributed by atoms with Crippen LogP contribution in [0.2, 0.25) is 0 Å². The lowest BCUT2D eigenvalue weighted by atomic mass is 10.2. The van der Waals surface area contributed by atoms with E-state index in [0.29, 0.717) is 18.0 Å². The molecule has 0 N–H and O–H groups in total. The number of imidazole rings is 1. The highest BCUT2D eigenvalue weighted by Crippen LogP contribution is 2.39. The van der Waals surface area contributed by atoms with Gasteiger partial charge in [-0.1, -0.05) is 0 Å². The van der Waals surface area contributed by atoms with E-state index in [-0.39, 0.29) is 5.69 Å². The Morgan fingerprint density at radius 2 is 1.86 bits per heavy atom. The molecule has 8 heteroatoms. The van der Waals surface area contributed by atoms with Crippen molar-refractivity contribution in [1.82, 2.24) is 24.1 Å². The van der Waals surface area contributed by atoms with E-state index in [1.54, 1.807) is 13.2 Å². The van der Waals surface area contributed by atoms with Gasteiger partial charge in [-0.05, 0) is 25.0 Å². The smallest absolute Gasteiger partial charge is 0.282 e. The molecule has 3 aromatic heterocycles. The molecule has 1 saturated heterocycles. The summed E-state index contributed by atoms with van der Waals surface area (Å²) < 4.78 is 29.9. The minimum absolute atomic E-state index is 0.0954. The largest absolute Gasteiger partial charge is 0.368 e. The van der Waals surface area contributed by atoms with Crippen molar-refractivity contribution in [3.8, 4) is 0 Å². The molecule has 1 saturated carbocycles. The van der Waals surface area contributed by atoms with Gasteiger partial charge in [0.1, 0.15) is 11.3 Å². The number of halogens is 2. The fourth-order valence-electron chi connectivity index (χ4n) is 4.03. The van der Waals surface area contributed by atoms with Crippen molar-refractivity contribution >= 4 is 11.3 Å². The summed E-state index contributed by atoms with van der Waals surface area (Å²) in [4.78, 5) is 9.29. The monoisotopic (exact) mass is 386 g/mol. The molecule has 28 heavy (non-hydrogen) atoms. The number of nitrogens with zero attached hydrogens (tertiary/aromatic N) is 6. The maximum atomic E-state index is 13.2. The summed E-state index contributed by atoms with van der Waals surface area (Å²) in [6, 6.07) is 4.21. The van der Waals surface area contributed by atoms with Gasteiger partial charge < -0.3 is 9.30 Å². The second-order valence-electron chi connectivity index (χ2n) is 7.87. The van der Waals surface area contributed by atoms with Crippen LogP contribution >= 0.6 is 0 Å². The summed E-state index contributed by atoms with van der Waals surface area (Å²) >= 11 is 0. The van der Waals surface area contributed by atoms with Gasteiger partial charge >= 0.3 is 0 Å². The zero-order valence-corrected chi connectivity index (χ0v) is 15.9. The molecular weight excluding hydrogens is 362 g/mol. The lowest BCUT2D eigenvalue weighted by Crippen LogP contribution is -2.46. The van der Waals surface area contributed by atoms with Crippen molar-refractivity contribution in [3.63, 3.8) is 0 Å². The van der Waals surface area contributed by atoms with E-state index < -0.39 is 6.43 Å². The molecule has 0 atom stereocenters. The molecule has 2 aliphatic rings. The summed E-state index contributed by atoms with van der Waals surface area (Å²) in [5.41, 5.74) is 3.91. The average molecular weight is 386 g/mol. The number of rotatable bonds is 5. The number of aromatic nitrogens is 4. The first-order chi connectivity index (χ1) is 13.6. The first-order valence-corrected chi connectivity index (χ1v) is 9.83. The Balaban J connectivity index is 1.25. The Labute approximate surface area is 162 Å². The predicted octanol–water partition coefficient (Wildman–Crippen LogP) is 3.21. The van der Waals surface area contributed by atoms with Crippen molar-refractivity contribution in [1.29, 1.82) is 0 Å². The highest BCUT2D eigenvalue weighted by Gasteiger charge is 2.26. The van der Waals surface area contributed by atoms with Gasteiger partial charge in [-0.2, -0.15) is 5.10 Å². The van der Waals surface area contributed by atoms with Crippen LogP contribution in [0.4, 0.5) is 14.5 Å². The molecule has 6 nitrogen and oxygen atoms in total.